The first kappa shape index (κ1) is 20.7. The van der Waals surface area contributed by atoms with Crippen LogP contribution < -0.4 is 14.2 Å². The molecule has 0 bridgehead atoms. The zero-order valence-corrected chi connectivity index (χ0v) is 16.8. The number of esters is 1. The topological polar surface area (TPSA) is 75.7 Å². The van der Waals surface area contributed by atoms with Crippen LogP contribution in [0.1, 0.15) is 29.6 Å². The predicted octanol–water partition coefficient (Wildman–Crippen LogP) is 2.10. The molecule has 0 unspecified atom stereocenters. The summed E-state index contributed by atoms with van der Waals surface area (Å²) in [7, 11) is 4.54. The number of ether oxygens (including phenoxy) is 6. The van der Waals surface area contributed by atoms with Gasteiger partial charge in [-0.1, -0.05) is 0 Å². The Hall–Kier alpha value is -2.03. The van der Waals surface area contributed by atoms with Crippen molar-refractivity contribution in [1.82, 2.24) is 4.90 Å². The molecule has 0 saturated carbocycles. The van der Waals surface area contributed by atoms with E-state index in [4.69, 9.17) is 28.4 Å². The normalized spacial score (nSPS) is 18.8. The molecule has 156 valence electrons. The highest BCUT2D eigenvalue weighted by atomic mass is 16.7. The van der Waals surface area contributed by atoms with Crippen LogP contribution >= 0.6 is 0 Å². The molecule has 0 aromatic heterocycles. The van der Waals surface area contributed by atoms with Gasteiger partial charge in [0.2, 0.25) is 5.75 Å². The van der Waals surface area contributed by atoms with Crippen molar-refractivity contribution in [2.75, 3.05) is 60.8 Å². The molecule has 0 amide bonds. The second kappa shape index (κ2) is 9.45. The Morgan fingerprint density at radius 1 is 1.04 bits per heavy atom. The summed E-state index contributed by atoms with van der Waals surface area (Å²) >= 11 is 0. The summed E-state index contributed by atoms with van der Waals surface area (Å²) in [6.45, 7) is 4.47. The van der Waals surface area contributed by atoms with E-state index >= 15 is 0 Å². The van der Waals surface area contributed by atoms with Crippen molar-refractivity contribution in [3.63, 3.8) is 0 Å². The minimum absolute atomic E-state index is 0.351. The number of nitrogens with zero attached hydrogens (tertiary/aromatic N) is 1. The molecular weight excluding hydrogens is 366 g/mol. The maximum absolute atomic E-state index is 12.4. The van der Waals surface area contributed by atoms with Crippen molar-refractivity contribution in [1.29, 1.82) is 0 Å². The Bertz CT molecular complexity index is 638. The van der Waals surface area contributed by atoms with Gasteiger partial charge in [-0.15, -0.1) is 0 Å². The van der Waals surface area contributed by atoms with Gasteiger partial charge in [0.15, 0.2) is 17.3 Å². The highest BCUT2D eigenvalue weighted by Gasteiger charge is 2.39. The van der Waals surface area contributed by atoms with Crippen molar-refractivity contribution < 1.29 is 33.2 Å². The van der Waals surface area contributed by atoms with E-state index in [1.54, 1.807) is 12.1 Å². The Labute approximate surface area is 165 Å². The van der Waals surface area contributed by atoms with Crippen molar-refractivity contribution in [2.45, 2.75) is 25.0 Å². The Morgan fingerprint density at radius 2 is 1.64 bits per heavy atom. The van der Waals surface area contributed by atoms with Crippen molar-refractivity contribution in [2.24, 2.45) is 0 Å². The summed E-state index contributed by atoms with van der Waals surface area (Å²) in [6.07, 6.45) is 2.54. The van der Waals surface area contributed by atoms with E-state index in [0.29, 0.717) is 42.6 Å². The van der Waals surface area contributed by atoms with Gasteiger partial charge in [-0.3, -0.25) is 0 Å². The molecule has 2 saturated heterocycles. The van der Waals surface area contributed by atoms with E-state index in [1.165, 1.54) is 21.3 Å². The number of carbonyl (C=O) groups is 1. The van der Waals surface area contributed by atoms with Gasteiger partial charge in [-0.05, 0) is 18.6 Å². The van der Waals surface area contributed by atoms with Crippen LogP contribution in [-0.4, -0.2) is 77.4 Å². The second-order valence-corrected chi connectivity index (χ2v) is 6.85. The lowest BCUT2D eigenvalue weighted by atomic mass is 10.0. The van der Waals surface area contributed by atoms with Crippen molar-refractivity contribution in [3.8, 4) is 17.2 Å². The molecule has 1 spiro atoms. The molecule has 0 atom stereocenters. The number of rotatable bonds is 8. The van der Waals surface area contributed by atoms with E-state index in [-0.39, 0.29) is 5.79 Å². The van der Waals surface area contributed by atoms with Crippen molar-refractivity contribution in [3.05, 3.63) is 17.7 Å². The summed E-state index contributed by atoms with van der Waals surface area (Å²) in [4.78, 5) is 14.7. The average Bonchev–Trinajstić information content (AvgIpc) is 3.19. The van der Waals surface area contributed by atoms with Crippen LogP contribution in [0.5, 0.6) is 17.2 Å². The van der Waals surface area contributed by atoms with Gasteiger partial charge in [0.05, 0.1) is 46.7 Å². The largest absolute Gasteiger partial charge is 0.493 e. The van der Waals surface area contributed by atoms with Gasteiger partial charge >= 0.3 is 5.97 Å². The van der Waals surface area contributed by atoms with E-state index in [2.05, 4.69) is 4.90 Å². The molecule has 2 aliphatic rings. The summed E-state index contributed by atoms with van der Waals surface area (Å²) < 4.78 is 32.7. The first-order chi connectivity index (χ1) is 13.6. The summed E-state index contributed by atoms with van der Waals surface area (Å²) in [5.74, 6) is 0.527. The summed E-state index contributed by atoms with van der Waals surface area (Å²) in [5.41, 5.74) is 0.366. The maximum Gasteiger partial charge on any atom is 0.338 e. The first-order valence-corrected chi connectivity index (χ1v) is 9.58. The molecule has 2 heterocycles. The van der Waals surface area contributed by atoms with E-state index in [0.717, 1.165) is 38.9 Å². The Morgan fingerprint density at radius 3 is 2.18 bits per heavy atom. The van der Waals surface area contributed by atoms with Gasteiger partial charge in [0.25, 0.3) is 0 Å². The van der Waals surface area contributed by atoms with Crippen molar-refractivity contribution >= 4 is 5.97 Å². The van der Waals surface area contributed by atoms with Gasteiger partial charge in [-0.25, -0.2) is 4.79 Å². The monoisotopic (exact) mass is 395 g/mol. The highest BCUT2D eigenvalue weighted by Crippen LogP contribution is 2.38. The second-order valence-electron chi connectivity index (χ2n) is 6.85. The third-order valence-corrected chi connectivity index (χ3v) is 5.18. The van der Waals surface area contributed by atoms with E-state index in [1.807, 2.05) is 0 Å². The Balaban J connectivity index is 1.44. The summed E-state index contributed by atoms with van der Waals surface area (Å²) in [5, 5.41) is 0. The van der Waals surface area contributed by atoms with Crippen LogP contribution in [0.15, 0.2) is 12.1 Å². The fourth-order valence-electron chi connectivity index (χ4n) is 3.64. The zero-order chi connectivity index (χ0) is 20.0. The molecule has 1 aromatic carbocycles. The molecule has 1 aromatic rings. The number of hydrogen-bond acceptors (Lipinski definition) is 8. The maximum atomic E-state index is 12.4. The molecule has 0 aliphatic carbocycles. The molecule has 28 heavy (non-hydrogen) atoms. The smallest absolute Gasteiger partial charge is 0.338 e. The van der Waals surface area contributed by atoms with Crippen LogP contribution in [0.25, 0.3) is 0 Å². The number of hydrogen-bond donors (Lipinski definition) is 0. The van der Waals surface area contributed by atoms with Gasteiger partial charge in [0.1, 0.15) is 0 Å². The fraction of sp³-hybridized carbons (Fsp3) is 0.650. The number of piperidine rings is 1. The average molecular weight is 395 g/mol. The Kier molecular flexibility index (Phi) is 6.98. The van der Waals surface area contributed by atoms with Crippen LogP contribution in [-0.2, 0) is 14.2 Å². The molecule has 2 aliphatic heterocycles. The minimum atomic E-state index is -0.412. The molecular formula is C20H29NO7. The molecule has 0 N–H and O–H groups in total. The number of methoxy groups -OCH3 is 3. The van der Waals surface area contributed by atoms with Crippen LogP contribution in [0, 0.1) is 0 Å². The van der Waals surface area contributed by atoms with E-state index < -0.39 is 5.97 Å². The third-order valence-electron chi connectivity index (χ3n) is 5.18. The minimum Gasteiger partial charge on any atom is -0.493 e. The lowest BCUT2D eigenvalue weighted by molar-refractivity contribution is -0.185. The predicted molar refractivity (Wildman–Crippen MR) is 101 cm³/mol. The molecule has 3 rings (SSSR count). The molecule has 8 nitrogen and oxygen atoms in total. The van der Waals surface area contributed by atoms with Gasteiger partial charge in [-0.2, -0.15) is 0 Å². The molecule has 2 fully saturated rings. The van der Waals surface area contributed by atoms with Crippen LogP contribution in [0.4, 0.5) is 0 Å². The summed E-state index contributed by atoms with van der Waals surface area (Å²) in [6, 6.07) is 3.19. The quantitative estimate of drug-likeness (QED) is 0.489. The number of likely N-dealkylation sites (tertiary alicyclic amines) is 1. The van der Waals surface area contributed by atoms with Crippen LogP contribution in [0.2, 0.25) is 0 Å². The number of carbonyl (C=O) groups excluding carboxylic acids is 1. The zero-order valence-electron chi connectivity index (χ0n) is 16.8. The molecule has 0 radical (unpaired) electrons. The highest BCUT2D eigenvalue weighted by molar-refractivity contribution is 5.91. The van der Waals surface area contributed by atoms with Gasteiger partial charge < -0.3 is 33.3 Å². The first-order valence-electron chi connectivity index (χ1n) is 9.58. The SMILES string of the molecule is COc1cc(C(=O)OCCCN2CCC3(CC2)OCCO3)cc(OC)c1OC. The van der Waals surface area contributed by atoms with Crippen LogP contribution in [0.3, 0.4) is 0 Å². The lowest BCUT2D eigenvalue weighted by Crippen LogP contribution is -2.45. The van der Waals surface area contributed by atoms with E-state index in [9.17, 15) is 4.79 Å². The number of benzene rings is 1. The van der Waals surface area contributed by atoms with Gasteiger partial charge in [0, 0.05) is 32.5 Å². The standard InChI is InChI=1S/C20H29NO7/c1-23-16-13-15(14-17(24-2)18(16)25-3)19(22)26-10-4-7-21-8-5-20(6-9-21)27-11-12-28-20/h13-14H,4-12H2,1-3H3. The third kappa shape index (κ3) is 4.68. The lowest BCUT2D eigenvalue weighted by Gasteiger charge is -2.37. The fourth-order valence-corrected chi connectivity index (χ4v) is 3.64. The molecule has 8 heteroatoms.